The number of aromatic nitrogens is 2. The van der Waals surface area contributed by atoms with Gasteiger partial charge in [0.15, 0.2) is 5.82 Å². The summed E-state index contributed by atoms with van der Waals surface area (Å²) in [6.07, 6.45) is 1.95. The third kappa shape index (κ3) is 3.09. The normalized spacial score (nSPS) is 22.8. The van der Waals surface area contributed by atoms with Crippen LogP contribution in [-0.2, 0) is 6.42 Å². The van der Waals surface area contributed by atoms with E-state index in [0.717, 1.165) is 37.6 Å². The topological polar surface area (TPSA) is 54.2 Å². The molecule has 2 unspecified atom stereocenters. The molecule has 1 fully saturated rings. The van der Waals surface area contributed by atoms with Gasteiger partial charge < -0.3 is 14.7 Å². The molecule has 0 radical (unpaired) electrons. The molecule has 1 saturated heterocycles. The monoisotopic (exact) mass is 252 g/mol. The first-order valence-corrected chi connectivity index (χ1v) is 6.84. The number of nitrogens with one attached hydrogen (secondary N) is 1. The van der Waals surface area contributed by atoms with E-state index in [0.29, 0.717) is 18.0 Å². The van der Waals surface area contributed by atoms with Gasteiger partial charge in [-0.15, -0.1) is 0 Å². The van der Waals surface area contributed by atoms with Crippen molar-refractivity contribution in [2.45, 2.75) is 51.6 Å². The van der Waals surface area contributed by atoms with Crippen LogP contribution < -0.4 is 5.32 Å². The van der Waals surface area contributed by atoms with E-state index in [1.54, 1.807) is 0 Å². The average Bonchev–Trinajstić information content (AvgIpc) is 2.96. The number of hydrogen-bond donors (Lipinski definition) is 1. The van der Waals surface area contributed by atoms with Crippen LogP contribution >= 0.6 is 0 Å². The Kier molecular flexibility index (Phi) is 4.35. The van der Waals surface area contributed by atoms with Crippen molar-refractivity contribution in [2.75, 3.05) is 20.1 Å². The van der Waals surface area contributed by atoms with E-state index in [1.807, 2.05) is 7.05 Å². The molecule has 1 aliphatic rings. The summed E-state index contributed by atoms with van der Waals surface area (Å²) in [5, 5.41) is 7.26. The van der Waals surface area contributed by atoms with Gasteiger partial charge in [-0.1, -0.05) is 5.16 Å². The zero-order valence-electron chi connectivity index (χ0n) is 11.8. The standard InChI is InChI=1S/C13H24N4O/c1-9(2)17-6-5-11(8-17)13-15-12(16-18-13)7-10(3)14-4/h9-11,14H,5-8H2,1-4H3. The van der Waals surface area contributed by atoms with Gasteiger partial charge in [-0.05, 0) is 40.8 Å². The Hall–Kier alpha value is -0.940. The van der Waals surface area contributed by atoms with Crippen molar-refractivity contribution in [3.8, 4) is 0 Å². The van der Waals surface area contributed by atoms with Crippen LogP contribution in [0.3, 0.4) is 0 Å². The smallest absolute Gasteiger partial charge is 0.231 e. The van der Waals surface area contributed by atoms with Gasteiger partial charge in [-0.25, -0.2) is 0 Å². The fourth-order valence-electron chi connectivity index (χ4n) is 2.35. The highest BCUT2D eigenvalue weighted by Crippen LogP contribution is 2.27. The molecule has 1 aromatic heterocycles. The second-order valence-corrected chi connectivity index (χ2v) is 5.52. The largest absolute Gasteiger partial charge is 0.339 e. The summed E-state index contributed by atoms with van der Waals surface area (Å²) < 4.78 is 5.41. The third-order valence-corrected chi connectivity index (χ3v) is 3.76. The molecule has 2 rings (SSSR count). The van der Waals surface area contributed by atoms with E-state index in [4.69, 9.17) is 4.52 Å². The zero-order chi connectivity index (χ0) is 13.1. The maximum absolute atomic E-state index is 5.41. The Morgan fingerprint density at radius 2 is 2.22 bits per heavy atom. The molecule has 0 spiro atoms. The van der Waals surface area contributed by atoms with Crippen molar-refractivity contribution in [3.05, 3.63) is 11.7 Å². The number of likely N-dealkylation sites (tertiary alicyclic amines) is 1. The summed E-state index contributed by atoms with van der Waals surface area (Å²) in [5.41, 5.74) is 0. The van der Waals surface area contributed by atoms with E-state index >= 15 is 0 Å². The summed E-state index contributed by atoms with van der Waals surface area (Å²) in [5.74, 6) is 2.05. The third-order valence-electron chi connectivity index (χ3n) is 3.76. The van der Waals surface area contributed by atoms with Crippen LogP contribution in [0.25, 0.3) is 0 Å². The molecular weight excluding hydrogens is 228 g/mol. The van der Waals surface area contributed by atoms with Gasteiger partial charge >= 0.3 is 0 Å². The molecule has 1 aliphatic heterocycles. The molecule has 0 amide bonds. The van der Waals surface area contributed by atoms with Gasteiger partial charge in [0.05, 0.1) is 5.92 Å². The van der Waals surface area contributed by atoms with Crippen molar-refractivity contribution < 1.29 is 4.52 Å². The van der Waals surface area contributed by atoms with Crippen LogP contribution in [-0.4, -0.2) is 47.3 Å². The highest BCUT2D eigenvalue weighted by Gasteiger charge is 2.29. The van der Waals surface area contributed by atoms with Crippen LogP contribution in [0.5, 0.6) is 0 Å². The first-order chi connectivity index (χ1) is 8.60. The van der Waals surface area contributed by atoms with Crippen LogP contribution in [0.4, 0.5) is 0 Å². The molecule has 2 heterocycles. The fourth-order valence-corrected chi connectivity index (χ4v) is 2.35. The maximum atomic E-state index is 5.41. The Morgan fingerprint density at radius 1 is 1.44 bits per heavy atom. The Balaban J connectivity index is 1.94. The number of likely N-dealkylation sites (N-methyl/N-ethyl adjacent to an activating group) is 1. The molecule has 5 nitrogen and oxygen atoms in total. The van der Waals surface area contributed by atoms with Crippen molar-refractivity contribution in [1.29, 1.82) is 0 Å². The first kappa shape index (κ1) is 13.5. The minimum absolute atomic E-state index is 0.381. The van der Waals surface area contributed by atoms with Crippen LogP contribution in [0.15, 0.2) is 4.52 Å². The Morgan fingerprint density at radius 3 is 2.83 bits per heavy atom. The molecule has 1 aromatic rings. The van der Waals surface area contributed by atoms with Crippen LogP contribution in [0.1, 0.15) is 44.8 Å². The van der Waals surface area contributed by atoms with E-state index < -0.39 is 0 Å². The van der Waals surface area contributed by atoms with Gasteiger partial charge in [0, 0.05) is 25.0 Å². The highest BCUT2D eigenvalue weighted by atomic mass is 16.5. The number of hydrogen-bond acceptors (Lipinski definition) is 5. The van der Waals surface area contributed by atoms with E-state index in [1.165, 1.54) is 0 Å². The second-order valence-electron chi connectivity index (χ2n) is 5.52. The molecule has 2 atom stereocenters. The quantitative estimate of drug-likeness (QED) is 0.859. The second kappa shape index (κ2) is 5.80. The lowest BCUT2D eigenvalue weighted by Crippen LogP contribution is -2.27. The van der Waals surface area contributed by atoms with Gasteiger partial charge in [-0.2, -0.15) is 4.98 Å². The van der Waals surface area contributed by atoms with Crippen LogP contribution in [0, 0.1) is 0 Å². The average molecular weight is 252 g/mol. The van der Waals surface area contributed by atoms with Gasteiger partial charge in [0.25, 0.3) is 0 Å². The summed E-state index contributed by atoms with van der Waals surface area (Å²) in [6.45, 7) is 8.76. The predicted octanol–water partition coefficient (Wildman–Crippen LogP) is 1.42. The molecule has 0 aromatic carbocycles. The fraction of sp³-hybridized carbons (Fsp3) is 0.846. The predicted molar refractivity (Wildman–Crippen MR) is 70.6 cm³/mol. The van der Waals surface area contributed by atoms with Crippen molar-refractivity contribution in [3.63, 3.8) is 0 Å². The van der Waals surface area contributed by atoms with Crippen molar-refractivity contribution in [1.82, 2.24) is 20.4 Å². The molecule has 102 valence electrons. The Bertz CT molecular complexity index is 377. The lowest BCUT2D eigenvalue weighted by atomic mass is 10.1. The SMILES string of the molecule is CNC(C)Cc1noc(C2CCN(C(C)C)C2)n1. The van der Waals surface area contributed by atoms with Crippen molar-refractivity contribution >= 4 is 0 Å². The molecule has 0 aliphatic carbocycles. The summed E-state index contributed by atoms with van der Waals surface area (Å²) in [7, 11) is 1.95. The van der Waals surface area contributed by atoms with Gasteiger partial charge in [0.1, 0.15) is 0 Å². The van der Waals surface area contributed by atoms with Gasteiger partial charge in [-0.3, -0.25) is 0 Å². The lowest BCUT2D eigenvalue weighted by Gasteiger charge is -2.19. The molecule has 1 N–H and O–H groups in total. The molecule has 18 heavy (non-hydrogen) atoms. The summed E-state index contributed by atoms with van der Waals surface area (Å²) >= 11 is 0. The maximum Gasteiger partial charge on any atom is 0.231 e. The molecule has 5 heteroatoms. The van der Waals surface area contributed by atoms with E-state index in [-0.39, 0.29) is 0 Å². The first-order valence-electron chi connectivity index (χ1n) is 6.84. The minimum atomic E-state index is 0.381. The van der Waals surface area contributed by atoms with Crippen LogP contribution in [0.2, 0.25) is 0 Å². The lowest BCUT2D eigenvalue weighted by molar-refractivity contribution is 0.265. The van der Waals surface area contributed by atoms with E-state index in [2.05, 4.69) is 41.1 Å². The minimum Gasteiger partial charge on any atom is -0.339 e. The summed E-state index contributed by atoms with van der Waals surface area (Å²) in [6, 6.07) is 0.980. The molecule has 0 bridgehead atoms. The zero-order valence-corrected chi connectivity index (χ0v) is 11.8. The number of rotatable bonds is 5. The van der Waals surface area contributed by atoms with E-state index in [9.17, 15) is 0 Å². The highest BCUT2D eigenvalue weighted by molar-refractivity contribution is 5.00. The summed E-state index contributed by atoms with van der Waals surface area (Å²) in [4.78, 5) is 6.99. The van der Waals surface area contributed by atoms with Crippen molar-refractivity contribution in [2.24, 2.45) is 0 Å². The molecular formula is C13H24N4O. The number of nitrogens with zero attached hydrogens (tertiary/aromatic N) is 3. The molecule has 0 saturated carbocycles. The van der Waals surface area contributed by atoms with Gasteiger partial charge in [0.2, 0.25) is 5.89 Å². The Labute approximate surface area is 109 Å².